The molecule has 0 aromatic heterocycles. The van der Waals surface area contributed by atoms with Gasteiger partial charge in [-0.2, -0.15) is 0 Å². The highest BCUT2D eigenvalue weighted by Crippen LogP contribution is 2.51. The molecule has 2 saturated heterocycles. The van der Waals surface area contributed by atoms with E-state index in [1.54, 1.807) is 0 Å². The molecule has 1 aliphatic carbocycles. The molecule has 1 aromatic carbocycles. The second-order valence-corrected chi connectivity index (χ2v) is 8.47. The maximum atomic E-state index is 10.4. The van der Waals surface area contributed by atoms with Crippen molar-refractivity contribution >= 4 is 5.69 Å². The van der Waals surface area contributed by atoms with Crippen LogP contribution in [0.5, 0.6) is 0 Å². The number of aryl methyl sites for hydroxylation is 1. The summed E-state index contributed by atoms with van der Waals surface area (Å²) < 4.78 is 5.91. The van der Waals surface area contributed by atoms with Gasteiger partial charge in [0.05, 0.1) is 12.2 Å². The van der Waals surface area contributed by atoms with Crippen molar-refractivity contribution in [3.63, 3.8) is 0 Å². The fourth-order valence-electron chi connectivity index (χ4n) is 5.51. The van der Waals surface area contributed by atoms with Gasteiger partial charge in [0, 0.05) is 43.3 Å². The first-order valence-corrected chi connectivity index (χ1v) is 10.5. The molecule has 26 heavy (non-hydrogen) atoms. The van der Waals surface area contributed by atoms with Crippen LogP contribution in [0.2, 0.25) is 0 Å². The number of rotatable bonds is 4. The summed E-state index contributed by atoms with van der Waals surface area (Å²) in [5, 5.41) is 10.4. The molecule has 2 aliphatic heterocycles. The van der Waals surface area contributed by atoms with E-state index in [0.717, 1.165) is 52.0 Å². The third-order valence-corrected chi connectivity index (χ3v) is 7.28. The highest BCUT2D eigenvalue weighted by Gasteiger charge is 2.56. The number of aliphatic hydroxyl groups excluding tert-OH is 1. The number of hydrogen-bond acceptors (Lipinski definition) is 4. The summed E-state index contributed by atoms with van der Waals surface area (Å²) in [5.41, 5.74) is 2.83. The van der Waals surface area contributed by atoms with Gasteiger partial charge < -0.3 is 19.6 Å². The molecule has 0 unspecified atom stereocenters. The zero-order chi connectivity index (χ0) is 18.1. The fourth-order valence-corrected chi connectivity index (χ4v) is 5.51. The molecule has 1 spiro atoms. The van der Waals surface area contributed by atoms with E-state index in [4.69, 9.17) is 4.74 Å². The lowest BCUT2D eigenvalue weighted by Crippen LogP contribution is -2.63. The largest absolute Gasteiger partial charge is 0.392 e. The van der Waals surface area contributed by atoms with Crippen molar-refractivity contribution in [2.75, 3.05) is 37.7 Å². The first-order valence-electron chi connectivity index (χ1n) is 10.5. The van der Waals surface area contributed by atoms with E-state index in [1.807, 2.05) is 0 Å². The maximum absolute atomic E-state index is 10.4. The molecule has 2 heterocycles. The number of piperidine rings is 2. The summed E-state index contributed by atoms with van der Waals surface area (Å²) in [4.78, 5) is 5.24. The van der Waals surface area contributed by atoms with Gasteiger partial charge >= 0.3 is 0 Å². The first-order chi connectivity index (χ1) is 12.6. The monoisotopic (exact) mass is 358 g/mol. The van der Waals surface area contributed by atoms with Gasteiger partial charge in [-0.3, -0.25) is 0 Å². The topological polar surface area (TPSA) is 35.9 Å². The number of hydrogen-bond donors (Lipinski definition) is 1. The van der Waals surface area contributed by atoms with Gasteiger partial charge in [0.1, 0.15) is 0 Å². The minimum Gasteiger partial charge on any atom is -0.392 e. The molecule has 4 heteroatoms. The number of aliphatic hydroxyl groups is 1. The fraction of sp³-hybridized carbons (Fsp3) is 0.727. The van der Waals surface area contributed by atoms with Gasteiger partial charge in [0.2, 0.25) is 0 Å². The molecule has 144 valence electrons. The third-order valence-electron chi connectivity index (χ3n) is 7.28. The molecule has 1 N–H and O–H groups in total. The Hall–Kier alpha value is -1.10. The minimum absolute atomic E-state index is 0.0500. The number of ether oxygens (including phenoxy) is 1. The van der Waals surface area contributed by atoms with Crippen LogP contribution < -0.4 is 4.90 Å². The Morgan fingerprint density at radius 3 is 2.42 bits per heavy atom. The Morgan fingerprint density at radius 2 is 1.81 bits per heavy atom. The smallest absolute Gasteiger partial charge is 0.0681 e. The van der Waals surface area contributed by atoms with Gasteiger partial charge in [0.25, 0.3) is 0 Å². The maximum Gasteiger partial charge on any atom is 0.0681 e. The quantitative estimate of drug-likeness (QED) is 0.896. The molecule has 0 bridgehead atoms. The van der Waals surface area contributed by atoms with Crippen LogP contribution in [-0.2, 0) is 4.74 Å². The Balaban J connectivity index is 1.31. The molecule has 0 amide bonds. The van der Waals surface area contributed by atoms with Crippen molar-refractivity contribution < 1.29 is 9.84 Å². The Kier molecular flexibility index (Phi) is 5.27. The van der Waals surface area contributed by atoms with Gasteiger partial charge in [-0.05, 0) is 64.3 Å². The van der Waals surface area contributed by atoms with Crippen LogP contribution in [0.25, 0.3) is 0 Å². The second kappa shape index (κ2) is 7.49. The Labute approximate surface area is 158 Å². The Morgan fingerprint density at radius 1 is 1.12 bits per heavy atom. The molecule has 0 radical (unpaired) electrons. The average Bonchev–Trinajstić information content (AvgIpc) is 2.69. The van der Waals surface area contributed by atoms with E-state index in [1.165, 1.54) is 24.1 Å². The van der Waals surface area contributed by atoms with Crippen molar-refractivity contribution in [3.8, 4) is 0 Å². The van der Waals surface area contributed by atoms with Crippen molar-refractivity contribution in [1.29, 1.82) is 0 Å². The third kappa shape index (κ3) is 3.17. The zero-order valence-electron chi connectivity index (χ0n) is 16.4. The second-order valence-electron chi connectivity index (χ2n) is 8.47. The number of para-hydroxylation sites is 1. The number of nitrogens with zero attached hydrogens (tertiary/aromatic N) is 2. The number of anilines is 1. The van der Waals surface area contributed by atoms with Crippen molar-refractivity contribution in [3.05, 3.63) is 29.8 Å². The molecular formula is C22H34N2O2. The van der Waals surface area contributed by atoms with Crippen LogP contribution in [0, 0.1) is 12.3 Å². The van der Waals surface area contributed by atoms with Gasteiger partial charge in [0.15, 0.2) is 0 Å². The number of likely N-dealkylation sites (tertiary alicyclic amines) is 1. The SMILES string of the molecule is CCO[C@@H]1C[C@H](O)C12CCN(C1CCN(c3ccccc3C)CC1)CC2. The van der Waals surface area contributed by atoms with Crippen LogP contribution >= 0.6 is 0 Å². The van der Waals surface area contributed by atoms with Crippen molar-refractivity contribution in [2.45, 2.75) is 64.2 Å². The lowest BCUT2D eigenvalue weighted by molar-refractivity contribution is -0.211. The molecule has 4 nitrogen and oxygen atoms in total. The zero-order valence-corrected chi connectivity index (χ0v) is 16.4. The normalized spacial score (nSPS) is 29.7. The highest BCUT2D eigenvalue weighted by molar-refractivity contribution is 5.53. The summed E-state index contributed by atoms with van der Waals surface area (Å²) in [6, 6.07) is 9.45. The van der Waals surface area contributed by atoms with Crippen LogP contribution in [0.1, 0.15) is 44.6 Å². The van der Waals surface area contributed by atoms with Gasteiger partial charge in [-0.25, -0.2) is 0 Å². The Bertz CT molecular complexity index is 602. The highest BCUT2D eigenvalue weighted by atomic mass is 16.5. The number of benzene rings is 1. The lowest BCUT2D eigenvalue weighted by Gasteiger charge is -2.57. The summed E-state index contributed by atoms with van der Waals surface area (Å²) in [5.74, 6) is 0. The van der Waals surface area contributed by atoms with E-state index in [2.05, 4.69) is 47.9 Å². The van der Waals surface area contributed by atoms with E-state index in [9.17, 15) is 5.11 Å². The minimum atomic E-state index is -0.149. The average molecular weight is 359 g/mol. The predicted octanol–water partition coefficient (Wildman–Crippen LogP) is 3.22. The van der Waals surface area contributed by atoms with E-state index < -0.39 is 0 Å². The standard InChI is InChI=1S/C22H34N2O2/c1-3-26-21-16-20(25)22(21)10-14-23(15-11-22)18-8-12-24(13-9-18)19-7-5-4-6-17(19)2/h4-7,18,20-21,25H,3,8-16H2,1-2H3/t20-,21+/m0/s1. The van der Waals surface area contributed by atoms with Crippen LogP contribution in [0.15, 0.2) is 24.3 Å². The molecule has 1 aromatic rings. The molecular weight excluding hydrogens is 324 g/mol. The van der Waals surface area contributed by atoms with Crippen molar-refractivity contribution in [1.82, 2.24) is 4.90 Å². The summed E-state index contributed by atoms with van der Waals surface area (Å²) in [6.45, 7) is 9.59. The van der Waals surface area contributed by atoms with Gasteiger partial charge in [-0.1, -0.05) is 18.2 Å². The predicted molar refractivity (Wildman–Crippen MR) is 106 cm³/mol. The lowest BCUT2D eigenvalue weighted by atomic mass is 9.58. The van der Waals surface area contributed by atoms with E-state index in [-0.39, 0.29) is 17.6 Å². The van der Waals surface area contributed by atoms with Gasteiger partial charge in [-0.15, -0.1) is 0 Å². The molecule has 3 aliphatic rings. The van der Waals surface area contributed by atoms with E-state index >= 15 is 0 Å². The first kappa shape index (κ1) is 18.3. The molecule has 1 saturated carbocycles. The van der Waals surface area contributed by atoms with Crippen LogP contribution in [0.3, 0.4) is 0 Å². The summed E-state index contributed by atoms with van der Waals surface area (Å²) in [6.07, 6.45) is 5.66. The summed E-state index contributed by atoms with van der Waals surface area (Å²) >= 11 is 0. The molecule has 3 fully saturated rings. The van der Waals surface area contributed by atoms with Crippen LogP contribution in [0.4, 0.5) is 5.69 Å². The van der Waals surface area contributed by atoms with Crippen molar-refractivity contribution in [2.24, 2.45) is 5.41 Å². The molecule has 2 atom stereocenters. The molecule has 4 rings (SSSR count). The van der Waals surface area contributed by atoms with E-state index in [0.29, 0.717) is 6.04 Å². The summed E-state index contributed by atoms with van der Waals surface area (Å²) in [7, 11) is 0. The van der Waals surface area contributed by atoms with Crippen LogP contribution in [-0.4, -0.2) is 61.0 Å².